The van der Waals surface area contributed by atoms with Crippen LogP contribution in [0.2, 0.25) is 0 Å². The van der Waals surface area contributed by atoms with Gasteiger partial charge in [-0.3, -0.25) is 9.59 Å². The van der Waals surface area contributed by atoms with Crippen LogP contribution in [0.1, 0.15) is 23.2 Å². The fraction of sp³-hybridized carbons (Fsp3) is 0.429. The van der Waals surface area contributed by atoms with E-state index in [9.17, 15) is 9.59 Å². The second-order valence-corrected chi connectivity index (χ2v) is 7.09. The Morgan fingerprint density at radius 1 is 1.00 bits per heavy atom. The number of nitrogens with zero attached hydrogens (tertiary/aromatic N) is 2. The molecule has 1 aromatic heterocycles. The van der Waals surface area contributed by atoms with Crippen molar-refractivity contribution in [3.63, 3.8) is 0 Å². The summed E-state index contributed by atoms with van der Waals surface area (Å²) >= 11 is 0. The molecule has 3 heterocycles. The lowest BCUT2D eigenvalue weighted by Crippen LogP contribution is -2.49. The molecule has 0 spiro atoms. The average molecular weight is 368 g/mol. The van der Waals surface area contributed by atoms with E-state index in [2.05, 4.69) is 0 Å². The molecule has 6 heteroatoms. The van der Waals surface area contributed by atoms with Gasteiger partial charge in [0.25, 0.3) is 5.91 Å². The monoisotopic (exact) mass is 368 g/mol. The van der Waals surface area contributed by atoms with E-state index >= 15 is 0 Å². The van der Waals surface area contributed by atoms with E-state index in [1.165, 1.54) is 0 Å². The van der Waals surface area contributed by atoms with Crippen LogP contribution in [-0.4, -0.2) is 61.0 Å². The molecule has 0 unspecified atom stereocenters. The van der Waals surface area contributed by atoms with Gasteiger partial charge in [0.2, 0.25) is 5.91 Å². The highest BCUT2D eigenvalue weighted by Crippen LogP contribution is 2.24. The molecule has 0 bridgehead atoms. The number of carbonyl (C=O) groups excluding carboxylic acids is 2. The first-order chi connectivity index (χ1) is 13.2. The lowest BCUT2D eigenvalue weighted by atomic mass is 9.95. The third-order valence-electron chi connectivity index (χ3n) is 5.30. The van der Waals surface area contributed by atoms with Gasteiger partial charge in [0.05, 0.1) is 25.4 Å². The number of hydrogen-bond acceptors (Lipinski definition) is 4. The number of furan rings is 1. The second kappa shape index (κ2) is 7.96. The summed E-state index contributed by atoms with van der Waals surface area (Å²) in [7, 11) is 0. The summed E-state index contributed by atoms with van der Waals surface area (Å²) in [5, 5.41) is 0. The van der Waals surface area contributed by atoms with Crippen LogP contribution >= 0.6 is 0 Å². The van der Waals surface area contributed by atoms with Crippen molar-refractivity contribution in [3.8, 4) is 11.3 Å². The van der Waals surface area contributed by atoms with Gasteiger partial charge < -0.3 is 19.0 Å². The highest BCUT2D eigenvalue weighted by molar-refractivity contribution is 5.95. The molecule has 0 N–H and O–H groups in total. The SMILES string of the molecule is O=C(c1cccc(-c2ccco2)c1)N1CCC[C@H](C(=O)N2CCOCC2)C1. The molecule has 1 aromatic carbocycles. The molecule has 2 fully saturated rings. The van der Waals surface area contributed by atoms with Crippen LogP contribution in [0.15, 0.2) is 47.1 Å². The van der Waals surface area contributed by atoms with E-state index in [-0.39, 0.29) is 17.7 Å². The Morgan fingerprint density at radius 2 is 1.85 bits per heavy atom. The standard InChI is InChI=1S/C21H24N2O4/c24-20(17-5-1-4-16(14-17)19-7-3-11-27-19)23-8-2-6-18(15-23)21(25)22-9-12-26-13-10-22/h1,3-5,7,11,14,18H,2,6,8-10,12-13,15H2/t18-/m0/s1. The fourth-order valence-corrected chi connectivity index (χ4v) is 3.84. The third-order valence-corrected chi connectivity index (χ3v) is 5.30. The van der Waals surface area contributed by atoms with Crippen molar-refractivity contribution in [1.29, 1.82) is 0 Å². The average Bonchev–Trinajstić information content (AvgIpc) is 3.28. The van der Waals surface area contributed by atoms with Crippen LogP contribution in [0.3, 0.4) is 0 Å². The molecule has 27 heavy (non-hydrogen) atoms. The number of likely N-dealkylation sites (tertiary alicyclic amines) is 1. The van der Waals surface area contributed by atoms with Crippen LogP contribution < -0.4 is 0 Å². The van der Waals surface area contributed by atoms with Crippen molar-refractivity contribution in [2.45, 2.75) is 12.8 Å². The number of hydrogen-bond donors (Lipinski definition) is 0. The molecule has 0 saturated carbocycles. The largest absolute Gasteiger partial charge is 0.464 e. The molecule has 2 aliphatic rings. The van der Waals surface area contributed by atoms with E-state index in [4.69, 9.17) is 9.15 Å². The summed E-state index contributed by atoms with van der Waals surface area (Å²) < 4.78 is 10.8. The number of rotatable bonds is 3. The van der Waals surface area contributed by atoms with Crippen LogP contribution in [0.25, 0.3) is 11.3 Å². The number of amides is 2. The Hall–Kier alpha value is -2.60. The molecule has 2 saturated heterocycles. The minimum absolute atomic E-state index is 0.0251. The first-order valence-electron chi connectivity index (χ1n) is 9.52. The van der Waals surface area contributed by atoms with Gasteiger partial charge in [-0.25, -0.2) is 0 Å². The summed E-state index contributed by atoms with van der Waals surface area (Å²) in [4.78, 5) is 29.5. The Morgan fingerprint density at radius 3 is 2.63 bits per heavy atom. The third kappa shape index (κ3) is 3.90. The first-order valence-corrected chi connectivity index (χ1v) is 9.52. The maximum Gasteiger partial charge on any atom is 0.253 e. The minimum Gasteiger partial charge on any atom is -0.464 e. The Labute approximate surface area is 158 Å². The fourth-order valence-electron chi connectivity index (χ4n) is 3.84. The molecule has 2 amide bonds. The van der Waals surface area contributed by atoms with Crippen LogP contribution in [0.4, 0.5) is 0 Å². The maximum atomic E-state index is 13.0. The van der Waals surface area contributed by atoms with Gasteiger partial charge in [-0.2, -0.15) is 0 Å². The number of benzene rings is 1. The van der Waals surface area contributed by atoms with Crippen molar-refractivity contribution < 1.29 is 18.7 Å². The lowest BCUT2D eigenvalue weighted by Gasteiger charge is -2.36. The predicted molar refractivity (Wildman–Crippen MR) is 100 cm³/mol. The number of ether oxygens (including phenoxy) is 1. The quantitative estimate of drug-likeness (QED) is 0.836. The van der Waals surface area contributed by atoms with E-state index in [1.807, 2.05) is 46.2 Å². The number of carbonyl (C=O) groups is 2. The summed E-state index contributed by atoms with van der Waals surface area (Å²) in [6.07, 6.45) is 3.31. The van der Waals surface area contributed by atoms with E-state index in [1.54, 1.807) is 6.26 Å². The van der Waals surface area contributed by atoms with E-state index in [0.29, 0.717) is 45.0 Å². The Bertz CT molecular complexity index is 796. The molecule has 1 atom stereocenters. The van der Waals surface area contributed by atoms with Crippen molar-refractivity contribution in [1.82, 2.24) is 9.80 Å². The van der Waals surface area contributed by atoms with Crippen molar-refractivity contribution >= 4 is 11.8 Å². The highest BCUT2D eigenvalue weighted by atomic mass is 16.5. The minimum atomic E-state index is -0.117. The van der Waals surface area contributed by atoms with Gasteiger partial charge in [0.15, 0.2) is 0 Å². The van der Waals surface area contributed by atoms with Gasteiger partial charge in [0.1, 0.15) is 5.76 Å². The van der Waals surface area contributed by atoms with Crippen LogP contribution in [-0.2, 0) is 9.53 Å². The normalized spacial score (nSPS) is 20.5. The molecule has 142 valence electrons. The van der Waals surface area contributed by atoms with Gasteiger partial charge in [0, 0.05) is 37.3 Å². The van der Waals surface area contributed by atoms with E-state index in [0.717, 1.165) is 24.2 Å². The van der Waals surface area contributed by atoms with Crippen molar-refractivity contribution in [2.24, 2.45) is 5.92 Å². The van der Waals surface area contributed by atoms with Crippen molar-refractivity contribution in [3.05, 3.63) is 48.2 Å². The lowest BCUT2D eigenvalue weighted by molar-refractivity contribution is -0.141. The molecule has 6 nitrogen and oxygen atoms in total. The molecule has 0 radical (unpaired) electrons. The molecular weight excluding hydrogens is 344 g/mol. The van der Waals surface area contributed by atoms with E-state index < -0.39 is 0 Å². The summed E-state index contributed by atoms with van der Waals surface area (Å²) in [6, 6.07) is 11.2. The maximum absolute atomic E-state index is 13.0. The highest BCUT2D eigenvalue weighted by Gasteiger charge is 2.32. The van der Waals surface area contributed by atoms with Crippen molar-refractivity contribution in [2.75, 3.05) is 39.4 Å². The molecular formula is C21H24N2O4. The Kier molecular flexibility index (Phi) is 5.25. The Balaban J connectivity index is 1.45. The summed E-state index contributed by atoms with van der Waals surface area (Å²) in [5.74, 6) is 0.751. The molecule has 4 rings (SSSR count). The molecule has 2 aromatic rings. The first kappa shape index (κ1) is 17.8. The zero-order chi connectivity index (χ0) is 18.6. The summed E-state index contributed by atoms with van der Waals surface area (Å²) in [5.41, 5.74) is 1.51. The number of piperidine rings is 1. The van der Waals surface area contributed by atoms with Gasteiger partial charge in [-0.1, -0.05) is 12.1 Å². The topological polar surface area (TPSA) is 63.0 Å². The van der Waals surface area contributed by atoms with Gasteiger partial charge in [-0.05, 0) is 37.1 Å². The number of morpholine rings is 1. The second-order valence-electron chi connectivity index (χ2n) is 7.09. The van der Waals surface area contributed by atoms with Crippen LogP contribution in [0, 0.1) is 5.92 Å². The smallest absolute Gasteiger partial charge is 0.253 e. The van der Waals surface area contributed by atoms with Gasteiger partial charge in [-0.15, -0.1) is 0 Å². The predicted octanol–water partition coefficient (Wildman–Crippen LogP) is 2.66. The molecule has 0 aliphatic carbocycles. The zero-order valence-corrected chi connectivity index (χ0v) is 15.3. The van der Waals surface area contributed by atoms with Gasteiger partial charge >= 0.3 is 0 Å². The summed E-state index contributed by atoms with van der Waals surface area (Å²) in [6.45, 7) is 3.67. The zero-order valence-electron chi connectivity index (χ0n) is 15.3. The van der Waals surface area contributed by atoms with Crippen LogP contribution in [0.5, 0.6) is 0 Å². The molecule has 2 aliphatic heterocycles.